The van der Waals surface area contributed by atoms with Crippen LogP contribution in [0.25, 0.3) is 0 Å². The summed E-state index contributed by atoms with van der Waals surface area (Å²) in [7, 11) is -2.66. The predicted molar refractivity (Wildman–Crippen MR) is 115 cm³/mol. The van der Waals surface area contributed by atoms with E-state index < -0.39 is 21.8 Å². The molecule has 0 radical (unpaired) electrons. The molecule has 31 heavy (non-hydrogen) atoms. The lowest BCUT2D eigenvalue weighted by Gasteiger charge is -2.27. The quantitative estimate of drug-likeness (QED) is 0.584. The number of sulfonamides is 1. The van der Waals surface area contributed by atoms with Gasteiger partial charge in [-0.05, 0) is 23.6 Å². The van der Waals surface area contributed by atoms with Crippen LogP contribution in [0.2, 0.25) is 0 Å². The number of thiophene rings is 1. The lowest BCUT2D eigenvalue weighted by molar-refractivity contribution is -0.131. The first-order valence-corrected chi connectivity index (χ1v) is 12.2. The summed E-state index contributed by atoms with van der Waals surface area (Å²) in [6.07, 6.45) is 0.245. The highest BCUT2D eigenvalue weighted by Crippen LogP contribution is 2.38. The average molecular weight is 469 g/mol. The number of halogens is 1. The highest BCUT2D eigenvalue weighted by Gasteiger charge is 2.36. The monoisotopic (exact) mass is 468 g/mol. The Labute approximate surface area is 185 Å². The van der Waals surface area contributed by atoms with Gasteiger partial charge in [-0.2, -0.15) is 4.31 Å². The van der Waals surface area contributed by atoms with Gasteiger partial charge in [0.15, 0.2) is 0 Å². The molecule has 0 atom stereocenters. The maximum absolute atomic E-state index is 13.9. The van der Waals surface area contributed by atoms with Crippen LogP contribution in [-0.4, -0.2) is 56.2 Å². The number of ether oxygens (including phenoxy) is 1. The Morgan fingerprint density at radius 2 is 1.90 bits per heavy atom. The first-order chi connectivity index (χ1) is 14.7. The molecule has 10 heteroatoms. The molecular formula is C21H25FN2O5S2. The summed E-state index contributed by atoms with van der Waals surface area (Å²) in [6, 6.07) is 6.11. The molecule has 168 valence electrons. The maximum atomic E-state index is 13.9. The summed E-state index contributed by atoms with van der Waals surface area (Å²) in [5.41, 5.74) is 0.984. The van der Waals surface area contributed by atoms with Crippen LogP contribution in [0.5, 0.6) is 0 Å². The Balaban J connectivity index is 1.94. The maximum Gasteiger partial charge on any atom is 0.340 e. The highest BCUT2D eigenvalue weighted by atomic mass is 32.2. The summed E-state index contributed by atoms with van der Waals surface area (Å²) >= 11 is 1.00. The molecule has 1 aromatic heterocycles. The lowest BCUT2D eigenvalue weighted by Crippen LogP contribution is -2.36. The molecule has 0 saturated heterocycles. The Morgan fingerprint density at radius 3 is 2.52 bits per heavy atom. The molecule has 0 spiro atoms. The highest BCUT2D eigenvalue weighted by molar-refractivity contribution is 7.91. The number of carbonyl (C=O) groups is 2. The van der Waals surface area contributed by atoms with Crippen LogP contribution in [-0.2, 0) is 38.9 Å². The van der Waals surface area contributed by atoms with E-state index in [2.05, 4.69) is 0 Å². The summed E-state index contributed by atoms with van der Waals surface area (Å²) in [6.45, 7) is 4.49. The van der Waals surface area contributed by atoms with Gasteiger partial charge < -0.3 is 9.64 Å². The number of benzene rings is 1. The fourth-order valence-corrected chi connectivity index (χ4v) is 7.18. The van der Waals surface area contributed by atoms with Crippen molar-refractivity contribution < 1.29 is 27.1 Å². The van der Waals surface area contributed by atoms with E-state index in [1.165, 1.54) is 17.5 Å². The van der Waals surface area contributed by atoms with Gasteiger partial charge in [-0.1, -0.05) is 32.0 Å². The normalized spacial score (nSPS) is 13.9. The van der Waals surface area contributed by atoms with Gasteiger partial charge in [0.25, 0.3) is 10.0 Å². The minimum absolute atomic E-state index is 0.0450. The number of hydrogen-bond acceptors (Lipinski definition) is 6. The number of methoxy groups -OCH3 is 1. The Bertz CT molecular complexity index is 1090. The minimum atomic E-state index is -3.87. The van der Waals surface area contributed by atoms with Gasteiger partial charge in [0.1, 0.15) is 10.0 Å². The summed E-state index contributed by atoms with van der Waals surface area (Å²) in [4.78, 5) is 27.4. The number of nitrogens with zero attached hydrogens (tertiary/aromatic N) is 2. The van der Waals surface area contributed by atoms with Gasteiger partial charge >= 0.3 is 5.97 Å². The van der Waals surface area contributed by atoms with E-state index >= 15 is 0 Å². The van der Waals surface area contributed by atoms with Gasteiger partial charge in [0.2, 0.25) is 5.91 Å². The average Bonchev–Trinajstić information content (AvgIpc) is 3.15. The largest absolute Gasteiger partial charge is 0.465 e. The molecule has 7 nitrogen and oxygen atoms in total. The van der Waals surface area contributed by atoms with Gasteiger partial charge in [0, 0.05) is 24.5 Å². The molecular weight excluding hydrogens is 443 g/mol. The van der Waals surface area contributed by atoms with Gasteiger partial charge in [-0.15, -0.1) is 11.3 Å². The Kier molecular flexibility index (Phi) is 7.13. The topological polar surface area (TPSA) is 84.0 Å². The second kappa shape index (κ2) is 9.46. The third-order valence-corrected chi connectivity index (χ3v) is 9.11. The van der Waals surface area contributed by atoms with Crippen molar-refractivity contribution in [2.24, 2.45) is 0 Å². The Hall–Kier alpha value is -2.30. The van der Waals surface area contributed by atoms with Crippen molar-refractivity contribution >= 4 is 33.2 Å². The molecule has 0 N–H and O–H groups in total. The van der Waals surface area contributed by atoms with E-state index in [1.807, 2.05) is 0 Å². The zero-order valence-electron chi connectivity index (χ0n) is 17.7. The number of esters is 1. The fraction of sp³-hybridized carbons (Fsp3) is 0.429. The van der Waals surface area contributed by atoms with E-state index in [4.69, 9.17) is 4.74 Å². The zero-order chi connectivity index (χ0) is 22.8. The summed E-state index contributed by atoms with van der Waals surface area (Å²) in [5, 5.41) is 0. The van der Waals surface area contributed by atoms with Crippen molar-refractivity contribution in [3.63, 3.8) is 0 Å². The molecule has 1 amide bonds. The van der Waals surface area contributed by atoms with Crippen LogP contribution in [0, 0.1) is 5.82 Å². The molecule has 0 saturated carbocycles. The van der Waals surface area contributed by atoms with Gasteiger partial charge in [0.05, 0.1) is 25.6 Å². The fourth-order valence-electron chi connectivity index (χ4n) is 3.68. The number of amides is 1. The smallest absolute Gasteiger partial charge is 0.340 e. The molecule has 0 bridgehead atoms. The van der Waals surface area contributed by atoms with Crippen molar-refractivity contribution in [3.8, 4) is 0 Å². The van der Waals surface area contributed by atoms with Gasteiger partial charge in [-0.3, -0.25) is 4.79 Å². The van der Waals surface area contributed by atoms with Crippen LogP contribution < -0.4 is 0 Å². The first-order valence-electron chi connectivity index (χ1n) is 9.98. The van der Waals surface area contributed by atoms with E-state index in [1.54, 1.807) is 36.9 Å². The van der Waals surface area contributed by atoms with Crippen molar-refractivity contribution in [2.45, 2.75) is 37.4 Å². The zero-order valence-corrected chi connectivity index (χ0v) is 19.3. The van der Waals surface area contributed by atoms with Crippen LogP contribution in [0.15, 0.2) is 28.5 Å². The summed E-state index contributed by atoms with van der Waals surface area (Å²) in [5.74, 6) is -1.39. The molecule has 2 aromatic rings. The second-order valence-corrected chi connectivity index (χ2v) is 10.3. The number of carbonyl (C=O) groups excluding carboxylic acids is 2. The number of fused-ring (bicyclic) bond motifs is 1. The van der Waals surface area contributed by atoms with Crippen molar-refractivity contribution in [1.29, 1.82) is 0 Å². The first kappa shape index (κ1) is 23.4. The van der Waals surface area contributed by atoms with Crippen molar-refractivity contribution in [3.05, 3.63) is 51.7 Å². The molecule has 0 unspecified atom stereocenters. The number of hydrogen-bond donors (Lipinski definition) is 0. The standard InChI is InChI=1S/C21H25FN2O5S2/c1-4-24(5-2)31(27,28)21-19(20(26)29-3)15-10-11-23(13-17(15)30-21)18(25)12-14-8-6-7-9-16(14)22/h6-9H,4-5,10-13H2,1-3H3. The second-order valence-electron chi connectivity index (χ2n) is 7.08. The van der Waals surface area contributed by atoms with E-state index in [0.717, 1.165) is 11.3 Å². The molecule has 0 aliphatic carbocycles. The lowest BCUT2D eigenvalue weighted by atomic mass is 10.0. The minimum Gasteiger partial charge on any atom is -0.465 e. The van der Waals surface area contributed by atoms with Gasteiger partial charge in [-0.25, -0.2) is 17.6 Å². The predicted octanol–water partition coefficient (Wildman–Crippen LogP) is 2.83. The van der Waals surface area contributed by atoms with Crippen LogP contribution >= 0.6 is 11.3 Å². The van der Waals surface area contributed by atoms with Crippen LogP contribution in [0.3, 0.4) is 0 Å². The third kappa shape index (κ3) is 4.51. The SMILES string of the molecule is CCN(CC)S(=O)(=O)c1sc2c(c1C(=O)OC)CCN(C(=O)Cc1ccccc1F)C2. The van der Waals surface area contributed by atoms with Crippen LogP contribution in [0.4, 0.5) is 4.39 Å². The molecule has 0 fully saturated rings. The van der Waals surface area contributed by atoms with E-state index in [9.17, 15) is 22.4 Å². The molecule has 1 aliphatic heterocycles. The molecule has 3 rings (SSSR count). The third-order valence-electron chi connectivity index (χ3n) is 5.35. The molecule has 1 aromatic carbocycles. The van der Waals surface area contributed by atoms with E-state index in [0.29, 0.717) is 29.0 Å². The van der Waals surface area contributed by atoms with Crippen molar-refractivity contribution in [2.75, 3.05) is 26.7 Å². The van der Waals surface area contributed by atoms with Crippen LogP contribution in [0.1, 0.15) is 40.2 Å². The summed E-state index contributed by atoms with van der Waals surface area (Å²) < 4.78 is 46.3. The molecule has 1 aliphatic rings. The van der Waals surface area contributed by atoms with E-state index in [-0.39, 0.29) is 41.7 Å². The van der Waals surface area contributed by atoms with Crippen molar-refractivity contribution in [1.82, 2.24) is 9.21 Å². The number of rotatable bonds is 7. The molecule has 2 heterocycles. The Morgan fingerprint density at radius 1 is 1.23 bits per heavy atom.